The Balaban J connectivity index is 4.65. The normalized spacial score (nSPS) is 15.9. The van der Waals surface area contributed by atoms with Crippen molar-refractivity contribution in [2.45, 2.75) is 103 Å². The second kappa shape index (κ2) is 28.9. The molecule has 0 aliphatic rings. The summed E-state index contributed by atoms with van der Waals surface area (Å²) in [6.45, 7) is 4.46. The Hall–Kier alpha value is -2.32. The van der Waals surface area contributed by atoms with Crippen molar-refractivity contribution in [1.82, 2.24) is 5.32 Å². The molecular formula is C37H64N2O6P+. The molecule has 9 heteroatoms. The van der Waals surface area contributed by atoms with E-state index in [1.54, 1.807) is 6.08 Å². The molecular weight excluding hydrogens is 599 g/mol. The Kier molecular flexibility index (Phi) is 27.4. The summed E-state index contributed by atoms with van der Waals surface area (Å²) >= 11 is 0. The van der Waals surface area contributed by atoms with E-state index in [4.69, 9.17) is 9.05 Å². The summed E-state index contributed by atoms with van der Waals surface area (Å²) in [5.41, 5.74) is 0. The maximum Gasteiger partial charge on any atom is 0.472 e. The van der Waals surface area contributed by atoms with Crippen molar-refractivity contribution in [3.05, 3.63) is 85.1 Å². The smallest absolute Gasteiger partial charge is 0.387 e. The minimum Gasteiger partial charge on any atom is -0.387 e. The lowest BCUT2D eigenvalue weighted by Gasteiger charge is -2.25. The summed E-state index contributed by atoms with van der Waals surface area (Å²) in [6.07, 6.45) is 38.3. The van der Waals surface area contributed by atoms with Crippen molar-refractivity contribution in [2.24, 2.45) is 0 Å². The third kappa shape index (κ3) is 30.3. The summed E-state index contributed by atoms with van der Waals surface area (Å²) in [5, 5.41) is 13.5. The van der Waals surface area contributed by atoms with Crippen LogP contribution in [0.2, 0.25) is 0 Å². The van der Waals surface area contributed by atoms with Crippen molar-refractivity contribution in [1.29, 1.82) is 0 Å². The zero-order valence-electron chi connectivity index (χ0n) is 29.3. The molecule has 0 aromatic carbocycles. The van der Waals surface area contributed by atoms with Crippen LogP contribution >= 0.6 is 7.82 Å². The molecule has 46 heavy (non-hydrogen) atoms. The van der Waals surface area contributed by atoms with Crippen LogP contribution in [0.4, 0.5) is 0 Å². The quantitative estimate of drug-likeness (QED) is 0.0337. The number of likely N-dealkylation sites (N-methyl/N-ethyl adjacent to an activating group) is 1. The highest BCUT2D eigenvalue weighted by atomic mass is 31.2. The number of phosphoric ester groups is 1. The molecule has 0 saturated carbocycles. The molecule has 0 aliphatic heterocycles. The first kappa shape index (κ1) is 43.7. The van der Waals surface area contributed by atoms with E-state index in [9.17, 15) is 19.4 Å². The van der Waals surface area contributed by atoms with Gasteiger partial charge in [0, 0.05) is 6.42 Å². The van der Waals surface area contributed by atoms with Crippen LogP contribution in [0.25, 0.3) is 0 Å². The number of nitrogens with one attached hydrogen (secondary N) is 1. The number of carbonyl (C=O) groups excluding carboxylic acids is 1. The molecule has 262 valence electrons. The molecule has 0 radical (unpaired) electrons. The number of unbranched alkanes of at least 4 members (excludes halogenated alkanes) is 3. The third-order valence-corrected chi connectivity index (χ3v) is 7.56. The third-order valence-electron chi connectivity index (χ3n) is 6.58. The number of carbonyl (C=O) groups is 1. The molecule has 0 aromatic rings. The standard InChI is InChI=1S/C37H63N2O6P/c1-6-8-10-12-14-15-16-17-18-19-20-21-22-23-25-27-29-31-37(41)38-35(36(40)30-28-26-24-13-11-9-7-2)34-45-46(42,43)44-33-32-39(3,4)5/h8,10-11,13-15,17-18,20-21,23,25,28,30,35-36,40H,6-7,9,12,16,19,22,24,26-27,29,31-34H2,1-5H3,(H-,38,41,42,43)/p+1/b10-8-,13-11+,15-14-,18-17-,21-20-,25-23-,30-28+. The van der Waals surface area contributed by atoms with Crippen LogP contribution in [-0.4, -0.2) is 73.4 Å². The van der Waals surface area contributed by atoms with Crippen LogP contribution in [0.5, 0.6) is 0 Å². The molecule has 0 fully saturated rings. The summed E-state index contributed by atoms with van der Waals surface area (Å²) < 4.78 is 23.2. The van der Waals surface area contributed by atoms with Gasteiger partial charge in [-0.15, -0.1) is 0 Å². The van der Waals surface area contributed by atoms with E-state index in [-0.39, 0.29) is 25.5 Å². The second-order valence-corrected chi connectivity index (χ2v) is 13.6. The Bertz CT molecular complexity index is 1020. The first-order valence-corrected chi connectivity index (χ1v) is 18.5. The predicted octanol–water partition coefficient (Wildman–Crippen LogP) is 8.29. The van der Waals surface area contributed by atoms with Gasteiger partial charge in [-0.25, -0.2) is 4.57 Å². The van der Waals surface area contributed by atoms with Gasteiger partial charge in [-0.2, -0.15) is 0 Å². The number of allylic oxidation sites excluding steroid dienone is 13. The monoisotopic (exact) mass is 663 g/mol. The lowest BCUT2D eigenvalue weighted by atomic mass is 10.1. The number of rotatable bonds is 28. The number of aliphatic hydroxyl groups excluding tert-OH is 1. The van der Waals surface area contributed by atoms with Crippen molar-refractivity contribution in [3.63, 3.8) is 0 Å². The molecule has 3 atom stereocenters. The molecule has 0 aromatic heterocycles. The highest BCUT2D eigenvalue weighted by molar-refractivity contribution is 7.47. The summed E-state index contributed by atoms with van der Waals surface area (Å²) in [6, 6.07) is -0.893. The van der Waals surface area contributed by atoms with Gasteiger partial charge in [0.15, 0.2) is 0 Å². The van der Waals surface area contributed by atoms with Crippen molar-refractivity contribution < 1.29 is 32.9 Å². The summed E-state index contributed by atoms with van der Waals surface area (Å²) in [7, 11) is 1.49. The Labute approximate surface area is 280 Å². The lowest BCUT2D eigenvalue weighted by Crippen LogP contribution is -2.45. The first-order valence-electron chi connectivity index (χ1n) is 17.0. The van der Waals surface area contributed by atoms with Crippen LogP contribution in [0.15, 0.2) is 85.1 Å². The molecule has 0 spiro atoms. The van der Waals surface area contributed by atoms with Crippen molar-refractivity contribution in [2.75, 3.05) is 40.9 Å². The van der Waals surface area contributed by atoms with Crippen LogP contribution < -0.4 is 5.32 Å². The molecule has 0 aliphatic carbocycles. The number of phosphoric acid groups is 1. The van der Waals surface area contributed by atoms with Gasteiger partial charge in [-0.3, -0.25) is 13.8 Å². The molecule has 8 nitrogen and oxygen atoms in total. The minimum absolute atomic E-state index is 0.0398. The number of hydrogen-bond donors (Lipinski definition) is 3. The second-order valence-electron chi connectivity index (χ2n) is 12.1. The van der Waals surface area contributed by atoms with E-state index in [0.717, 1.165) is 64.2 Å². The lowest BCUT2D eigenvalue weighted by molar-refractivity contribution is -0.870. The van der Waals surface area contributed by atoms with Gasteiger partial charge in [0.25, 0.3) is 0 Å². The SMILES string of the molecule is CC/C=C\C/C=C\C/C=C\C/C=C\C/C=C\CCCC(=O)NC(COP(=O)(O)OCC[N+](C)(C)C)C(O)/C=C/CC/C=C/CCC. The Morgan fingerprint density at radius 3 is 1.85 bits per heavy atom. The summed E-state index contributed by atoms with van der Waals surface area (Å²) in [5.74, 6) is -0.255. The fourth-order valence-electron chi connectivity index (χ4n) is 3.86. The van der Waals surface area contributed by atoms with E-state index < -0.39 is 20.0 Å². The fraction of sp³-hybridized carbons (Fsp3) is 0.595. The van der Waals surface area contributed by atoms with Gasteiger partial charge in [-0.05, 0) is 64.2 Å². The molecule has 0 heterocycles. The number of amides is 1. The molecule has 0 rings (SSSR count). The van der Waals surface area contributed by atoms with E-state index >= 15 is 0 Å². The zero-order chi connectivity index (χ0) is 34.4. The van der Waals surface area contributed by atoms with E-state index in [1.165, 1.54) is 0 Å². The first-order chi connectivity index (χ1) is 22.0. The van der Waals surface area contributed by atoms with Crippen molar-refractivity contribution >= 4 is 13.7 Å². The number of quaternary nitrogens is 1. The topological polar surface area (TPSA) is 105 Å². The zero-order valence-corrected chi connectivity index (χ0v) is 30.2. The van der Waals surface area contributed by atoms with E-state index in [2.05, 4.69) is 92.1 Å². The predicted molar refractivity (Wildman–Crippen MR) is 193 cm³/mol. The Morgan fingerprint density at radius 1 is 0.761 bits per heavy atom. The van der Waals surface area contributed by atoms with Gasteiger partial charge in [0.2, 0.25) is 5.91 Å². The fourth-order valence-corrected chi connectivity index (χ4v) is 4.60. The van der Waals surface area contributed by atoms with Crippen LogP contribution in [0, 0.1) is 0 Å². The van der Waals surface area contributed by atoms with Gasteiger partial charge in [0.1, 0.15) is 13.2 Å². The summed E-state index contributed by atoms with van der Waals surface area (Å²) in [4.78, 5) is 22.8. The van der Waals surface area contributed by atoms with Gasteiger partial charge in [0.05, 0.1) is 39.9 Å². The molecule has 0 bridgehead atoms. The Morgan fingerprint density at radius 2 is 1.28 bits per heavy atom. The highest BCUT2D eigenvalue weighted by Gasteiger charge is 2.27. The van der Waals surface area contributed by atoms with E-state index in [1.807, 2.05) is 27.2 Å². The largest absolute Gasteiger partial charge is 0.472 e. The molecule has 1 amide bonds. The number of hydrogen-bond acceptors (Lipinski definition) is 5. The van der Waals surface area contributed by atoms with E-state index in [0.29, 0.717) is 17.4 Å². The number of nitrogens with zero attached hydrogens (tertiary/aromatic N) is 1. The van der Waals surface area contributed by atoms with Gasteiger partial charge in [-0.1, -0.05) is 105 Å². The highest BCUT2D eigenvalue weighted by Crippen LogP contribution is 2.43. The molecule has 3 unspecified atom stereocenters. The van der Waals surface area contributed by atoms with Crippen LogP contribution in [0.3, 0.4) is 0 Å². The van der Waals surface area contributed by atoms with Crippen LogP contribution in [-0.2, 0) is 18.4 Å². The average molecular weight is 664 g/mol. The molecule has 0 saturated heterocycles. The van der Waals surface area contributed by atoms with Crippen LogP contribution in [0.1, 0.15) is 90.9 Å². The maximum absolute atomic E-state index is 12.7. The van der Waals surface area contributed by atoms with Gasteiger partial charge < -0.3 is 19.8 Å². The van der Waals surface area contributed by atoms with Gasteiger partial charge >= 0.3 is 7.82 Å². The molecule has 3 N–H and O–H groups in total. The maximum atomic E-state index is 12.7. The minimum atomic E-state index is -4.35. The average Bonchev–Trinajstić information content (AvgIpc) is 2.99. The van der Waals surface area contributed by atoms with Crippen molar-refractivity contribution in [3.8, 4) is 0 Å². The number of aliphatic hydroxyl groups is 1.